The van der Waals surface area contributed by atoms with Gasteiger partial charge in [0.05, 0.1) is 18.9 Å². The Hall–Kier alpha value is -2.06. The van der Waals surface area contributed by atoms with E-state index in [2.05, 4.69) is 0 Å². The first kappa shape index (κ1) is 10.5. The summed E-state index contributed by atoms with van der Waals surface area (Å²) in [6.07, 6.45) is 0. The molecule has 1 amide bonds. The maximum atomic E-state index is 11.8. The molecule has 0 aliphatic carbocycles. The molecule has 1 heterocycles. The Labute approximate surface area is 93.0 Å². The van der Waals surface area contributed by atoms with Crippen molar-refractivity contribution < 1.29 is 9.53 Å². The number of carbonyl (C=O) groups excluding carboxylic acids is 1. The zero-order valence-electron chi connectivity index (χ0n) is 8.80. The highest BCUT2D eigenvalue weighted by Crippen LogP contribution is 2.36. The molecular formula is C11H11N3O2. The number of rotatable bonds is 2. The molecular weight excluding hydrogens is 206 g/mol. The molecule has 0 bridgehead atoms. The lowest BCUT2D eigenvalue weighted by molar-refractivity contribution is -0.119. The second-order valence-electron chi connectivity index (χ2n) is 3.48. The highest BCUT2D eigenvalue weighted by Gasteiger charge is 2.34. The van der Waals surface area contributed by atoms with Gasteiger partial charge in [-0.15, -0.1) is 0 Å². The zero-order chi connectivity index (χ0) is 11.7. The van der Waals surface area contributed by atoms with Gasteiger partial charge in [-0.2, -0.15) is 5.26 Å². The normalized spacial score (nSPS) is 18.2. The molecule has 0 aromatic heterocycles. The minimum absolute atomic E-state index is 0.00665. The van der Waals surface area contributed by atoms with E-state index in [1.807, 2.05) is 6.07 Å². The van der Waals surface area contributed by atoms with Crippen LogP contribution in [0.1, 0.15) is 11.6 Å². The smallest absolute Gasteiger partial charge is 0.249 e. The number of nitriles is 1. The van der Waals surface area contributed by atoms with Crippen LogP contribution in [0.4, 0.5) is 5.69 Å². The van der Waals surface area contributed by atoms with Crippen LogP contribution in [-0.4, -0.2) is 19.6 Å². The summed E-state index contributed by atoms with van der Waals surface area (Å²) in [5.41, 5.74) is 7.16. The number of fused-ring (bicyclic) bond motifs is 1. The second-order valence-corrected chi connectivity index (χ2v) is 3.48. The van der Waals surface area contributed by atoms with Gasteiger partial charge in [-0.3, -0.25) is 9.69 Å². The number of amides is 1. The van der Waals surface area contributed by atoms with Gasteiger partial charge in [0.25, 0.3) is 0 Å². The van der Waals surface area contributed by atoms with Crippen molar-refractivity contribution in [1.82, 2.24) is 0 Å². The summed E-state index contributed by atoms with van der Waals surface area (Å²) >= 11 is 0. The number of ether oxygens (including phenoxy) is 1. The summed E-state index contributed by atoms with van der Waals surface area (Å²) in [5, 5.41) is 8.67. The second kappa shape index (κ2) is 3.83. The van der Waals surface area contributed by atoms with Gasteiger partial charge in [-0.1, -0.05) is 6.07 Å². The van der Waals surface area contributed by atoms with Gasteiger partial charge in [0, 0.05) is 11.6 Å². The number of methoxy groups -OCH3 is 1. The van der Waals surface area contributed by atoms with Crippen molar-refractivity contribution in [1.29, 1.82) is 5.26 Å². The minimum Gasteiger partial charge on any atom is -0.497 e. The van der Waals surface area contributed by atoms with Crippen LogP contribution in [0.2, 0.25) is 0 Å². The topological polar surface area (TPSA) is 79.3 Å². The number of nitrogens with zero attached hydrogens (tertiary/aromatic N) is 2. The third kappa shape index (κ3) is 1.40. The van der Waals surface area contributed by atoms with Crippen LogP contribution in [0.15, 0.2) is 18.2 Å². The Morgan fingerprint density at radius 1 is 1.62 bits per heavy atom. The predicted octanol–water partition coefficient (Wildman–Crippen LogP) is 0.565. The van der Waals surface area contributed by atoms with Crippen molar-refractivity contribution in [2.45, 2.75) is 6.04 Å². The van der Waals surface area contributed by atoms with E-state index in [-0.39, 0.29) is 12.5 Å². The standard InChI is InChI=1S/C11H11N3O2/c1-16-7-2-3-8-9(6-7)14(5-4-12)11(15)10(8)13/h2-3,6,10H,5,13H2,1H3. The Balaban J connectivity index is 2.49. The summed E-state index contributed by atoms with van der Waals surface area (Å²) in [5.74, 6) is 0.397. The SMILES string of the molecule is COc1ccc2c(c1)N(CC#N)C(=O)C2N. The molecule has 0 saturated carbocycles. The molecule has 1 aromatic carbocycles. The summed E-state index contributed by atoms with van der Waals surface area (Å²) in [7, 11) is 1.55. The van der Waals surface area contributed by atoms with Gasteiger partial charge >= 0.3 is 0 Å². The molecule has 1 atom stereocenters. The lowest BCUT2D eigenvalue weighted by atomic mass is 10.1. The van der Waals surface area contributed by atoms with Crippen molar-refractivity contribution in [3.05, 3.63) is 23.8 Å². The first-order valence-corrected chi connectivity index (χ1v) is 4.81. The predicted molar refractivity (Wildman–Crippen MR) is 57.9 cm³/mol. The fourth-order valence-corrected chi connectivity index (χ4v) is 1.80. The molecule has 0 saturated heterocycles. The van der Waals surface area contributed by atoms with E-state index in [1.165, 1.54) is 4.90 Å². The molecule has 5 nitrogen and oxygen atoms in total. The number of hydrogen-bond acceptors (Lipinski definition) is 4. The van der Waals surface area contributed by atoms with Gasteiger partial charge in [-0.25, -0.2) is 0 Å². The highest BCUT2D eigenvalue weighted by molar-refractivity contribution is 6.05. The summed E-state index contributed by atoms with van der Waals surface area (Å²) in [6.45, 7) is 0.00665. The van der Waals surface area contributed by atoms with Crippen molar-refractivity contribution in [3.8, 4) is 11.8 Å². The van der Waals surface area contributed by atoms with Crippen molar-refractivity contribution in [2.24, 2.45) is 5.73 Å². The van der Waals surface area contributed by atoms with Crippen LogP contribution in [0.5, 0.6) is 5.75 Å². The maximum Gasteiger partial charge on any atom is 0.249 e. The van der Waals surface area contributed by atoms with Crippen molar-refractivity contribution in [2.75, 3.05) is 18.6 Å². The van der Waals surface area contributed by atoms with Crippen LogP contribution >= 0.6 is 0 Å². The molecule has 0 spiro atoms. The number of hydrogen-bond donors (Lipinski definition) is 1. The van der Waals surface area contributed by atoms with E-state index in [4.69, 9.17) is 15.7 Å². The van der Waals surface area contributed by atoms with Gasteiger partial charge in [0.2, 0.25) is 5.91 Å². The molecule has 5 heteroatoms. The van der Waals surface area contributed by atoms with E-state index in [0.29, 0.717) is 11.4 Å². The van der Waals surface area contributed by atoms with Gasteiger partial charge in [0.15, 0.2) is 0 Å². The van der Waals surface area contributed by atoms with Gasteiger partial charge in [0.1, 0.15) is 18.3 Å². The average Bonchev–Trinajstić information content (AvgIpc) is 2.54. The van der Waals surface area contributed by atoms with Gasteiger partial charge < -0.3 is 10.5 Å². The first-order valence-electron chi connectivity index (χ1n) is 4.81. The van der Waals surface area contributed by atoms with E-state index in [0.717, 1.165) is 5.56 Å². The number of benzene rings is 1. The van der Waals surface area contributed by atoms with Crippen LogP contribution in [-0.2, 0) is 4.79 Å². The molecule has 0 fully saturated rings. The lowest BCUT2D eigenvalue weighted by Gasteiger charge is -2.13. The van der Waals surface area contributed by atoms with Crippen LogP contribution in [0.25, 0.3) is 0 Å². The highest BCUT2D eigenvalue weighted by atomic mass is 16.5. The largest absolute Gasteiger partial charge is 0.497 e. The van der Waals surface area contributed by atoms with E-state index in [9.17, 15) is 4.79 Å². The molecule has 2 N–H and O–H groups in total. The van der Waals surface area contributed by atoms with E-state index >= 15 is 0 Å². The maximum absolute atomic E-state index is 11.8. The Morgan fingerprint density at radius 2 is 2.38 bits per heavy atom. The third-order valence-corrected chi connectivity index (χ3v) is 2.62. The van der Waals surface area contributed by atoms with Gasteiger partial charge in [-0.05, 0) is 6.07 Å². The minimum atomic E-state index is -0.672. The molecule has 1 aromatic rings. The number of carbonyl (C=O) groups is 1. The molecule has 1 aliphatic rings. The fourth-order valence-electron chi connectivity index (χ4n) is 1.80. The van der Waals surface area contributed by atoms with Crippen molar-refractivity contribution >= 4 is 11.6 Å². The molecule has 0 radical (unpaired) electrons. The molecule has 2 rings (SSSR count). The summed E-state index contributed by atoms with van der Waals surface area (Å²) < 4.78 is 5.07. The Morgan fingerprint density at radius 3 is 3.00 bits per heavy atom. The van der Waals surface area contributed by atoms with E-state index in [1.54, 1.807) is 25.3 Å². The molecule has 1 aliphatic heterocycles. The van der Waals surface area contributed by atoms with Crippen molar-refractivity contribution in [3.63, 3.8) is 0 Å². The first-order chi connectivity index (χ1) is 7.69. The summed E-state index contributed by atoms with van der Waals surface area (Å²) in [6, 6.07) is 6.51. The molecule has 1 unspecified atom stereocenters. The van der Waals surface area contributed by atoms with Crippen LogP contribution in [0, 0.1) is 11.3 Å². The third-order valence-electron chi connectivity index (χ3n) is 2.62. The number of anilines is 1. The quantitative estimate of drug-likeness (QED) is 0.734. The van der Waals surface area contributed by atoms with Crippen LogP contribution in [0.3, 0.4) is 0 Å². The fraction of sp³-hybridized carbons (Fsp3) is 0.273. The lowest BCUT2D eigenvalue weighted by Crippen LogP contribution is -2.31. The van der Waals surface area contributed by atoms with E-state index < -0.39 is 6.04 Å². The van der Waals surface area contributed by atoms with Crippen LogP contribution < -0.4 is 15.4 Å². The molecule has 82 valence electrons. The Kier molecular flexibility index (Phi) is 2.50. The number of nitrogens with two attached hydrogens (primary N) is 1. The Bertz CT molecular complexity index is 479. The average molecular weight is 217 g/mol. The summed E-state index contributed by atoms with van der Waals surface area (Å²) in [4.78, 5) is 13.1. The monoisotopic (exact) mass is 217 g/mol. The molecule has 16 heavy (non-hydrogen) atoms. The zero-order valence-corrected chi connectivity index (χ0v) is 8.80.